The number of esters is 1. The average Bonchev–Trinajstić information content (AvgIpc) is 2.51. The first kappa shape index (κ1) is 20.0. The minimum Gasteiger partial charge on any atom is -0.450 e. The van der Waals surface area contributed by atoms with Gasteiger partial charge in [0.25, 0.3) is 0 Å². The van der Waals surface area contributed by atoms with Crippen LogP contribution >= 0.6 is 0 Å². The van der Waals surface area contributed by atoms with E-state index in [2.05, 4.69) is 26.2 Å². The van der Waals surface area contributed by atoms with E-state index in [1.54, 1.807) is 19.3 Å². The number of carbonyl (C=O) groups is 4. The molecule has 0 saturated carbocycles. The molecule has 23 heavy (non-hydrogen) atoms. The molecule has 0 fully saturated rings. The van der Waals surface area contributed by atoms with E-state index in [1.807, 2.05) is 0 Å². The maximum atomic E-state index is 11.7. The summed E-state index contributed by atoms with van der Waals surface area (Å²) in [6.07, 6.45) is -1.12. The van der Waals surface area contributed by atoms with E-state index < -0.39 is 30.0 Å². The number of nitrogens with one attached hydrogen (secondary N) is 2. The van der Waals surface area contributed by atoms with E-state index >= 15 is 0 Å². The topological polar surface area (TPSA) is 129 Å². The van der Waals surface area contributed by atoms with E-state index in [0.717, 1.165) is 6.08 Å². The van der Waals surface area contributed by atoms with Crippen molar-refractivity contribution < 1.29 is 38.2 Å². The van der Waals surface area contributed by atoms with Crippen LogP contribution in [0.1, 0.15) is 20.8 Å². The molecule has 0 aromatic carbocycles. The predicted octanol–water partition coefficient (Wildman–Crippen LogP) is 0.897. The van der Waals surface area contributed by atoms with Gasteiger partial charge in [0, 0.05) is 6.08 Å². The average molecular weight is 330 g/mol. The summed E-state index contributed by atoms with van der Waals surface area (Å²) >= 11 is 0. The molecule has 128 valence electrons. The summed E-state index contributed by atoms with van der Waals surface area (Å²) in [5, 5.41) is 2.06. The van der Waals surface area contributed by atoms with Crippen molar-refractivity contribution in [2.24, 2.45) is 0 Å². The monoisotopic (exact) mass is 330 g/mol. The van der Waals surface area contributed by atoms with E-state index in [4.69, 9.17) is 4.74 Å². The van der Waals surface area contributed by atoms with E-state index in [1.165, 1.54) is 6.92 Å². The summed E-state index contributed by atoms with van der Waals surface area (Å²) in [6, 6.07) is 0. The normalized spacial score (nSPS) is 10.6. The van der Waals surface area contributed by atoms with Crippen LogP contribution in [0.4, 0.5) is 9.59 Å². The summed E-state index contributed by atoms with van der Waals surface area (Å²) in [7, 11) is 0. The SMILES string of the molecule is C=CC(=O)OC(NC(=O)OCC)=C(C)C(=O)ONC(=O)OCC. The molecule has 0 aromatic heterocycles. The third-order valence-corrected chi connectivity index (χ3v) is 2.01. The van der Waals surface area contributed by atoms with Crippen LogP contribution in [0.3, 0.4) is 0 Å². The van der Waals surface area contributed by atoms with Gasteiger partial charge in [-0.3, -0.25) is 5.32 Å². The van der Waals surface area contributed by atoms with Gasteiger partial charge < -0.3 is 19.0 Å². The number of ether oxygens (including phenoxy) is 3. The number of hydrogen-bond donors (Lipinski definition) is 2. The molecule has 10 nitrogen and oxygen atoms in total. The minimum absolute atomic E-state index is 0.0580. The highest BCUT2D eigenvalue weighted by Crippen LogP contribution is 2.06. The van der Waals surface area contributed by atoms with Gasteiger partial charge in [-0.05, 0) is 20.8 Å². The fraction of sp³-hybridized carbons (Fsp3) is 0.385. The Morgan fingerprint density at radius 2 is 1.61 bits per heavy atom. The zero-order chi connectivity index (χ0) is 17.8. The molecule has 0 radical (unpaired) electrons. The Hall–Kier alpha value is -3.04. The third-order valence-electron chi connectivity index (χ3n) is 2.01. The van der Waals surface area contributed by atoms with Gasteiger partial charge in [0.15, 0.2) is 0 Å². The standard InChI is InChI=1S/C13H18N2O8/c1-5-9(16)22-10(14-12(18)20-6-2)8(4)11(17)23-15-13(19)21-7-3/h5H,1,6-7H2,2-4H3,(H,14,18)(H,15,19). The zero-order valence-electron chi connectivity index (χ0n) is 13.0. The quantitative estimate of drug-likeness (QED) is 0.241. The van der Waals surface area contributed by atoms with Gasteiger partial charge in [-0.25, -0.2) is 19.2 Å². The lowest BCUT2D eigenvalue weighted by Crippen LogP contribution is -2.32. The van der Waals surface area contributed by atoms with Crippen molar-refractivity contribution in [1.29, 1.82) is 0 Å². The van der Waals surface area contributed by atoms with Crippen LogP contribution in [0.15, 0.2) is 24.1 Å². The smallest absolute Gasteiger partial charge is 0.440 e. The minimum atomic E-state index is -1.10. The number of rotatable bonds is 6. The van der Waals surface area contributed by atoms with E-state index in [-0.39, 0.29) is 18.8 Å². The first-order valence-electron chi connectivity index (χ1n) is 6.48. The molecule has 0 aliphatic carbocycles. The van der Waals surface area contributed by atoms with Gasteiger partial charge >= 0.3 is 24.1 Å². The van der Waals surface area contributed by atoms with Gasteiger partial charge in [0.1, 0.15) is 0 Å². The van der Waals surface area contributed by atoms with E-state index in [0.29, 0.717) is 0 Å². The highest BCUT2D eigenvalue weighted by Gasteiger charge is 2.20. The molecule has 10 heteroatoms. The van der Waals surface area contributed by atoms with Gasteiger partial charge in [-0.1, -0.05) is 6.58 Å². The Bertz CT molecular complexity index is 512. The molecule has 0 spiro atoms. The highest BCUT2D eigenvalue weighted by molar-refractivity contribution is 5.91. The molecule has 0 rings (SSSR count). The molecule has 0 unspecified atom stereocenters. The predicted molar refractivity (Wildman–Crippen MR) is 75.4 cm³/mol. The Labute approximate surface area is 132 Å². The number of carbonyl (C=O) groups excluding carboxylic acids is 4. The second kappa shape index (κ2) is 10.7. The first-order valence-corrected chi connectivity index (χ1v) is 6.48. The fourth-order valence-corrected chi connectivity index (χ4v) is 1.02. The zero-order valence-corrected chi connectivity index (χ0v) is 13.0. The lowest BCUT2D eigenvalue weighted by atomic mass is 10.3. The summed E-state index contributed by atoms with van der Waals surface area (Å²) in [5.74, 6) is -2.55. The van der Waals surface area contributed by atoms with Crippen molar-refractivity contribution in [1.82, 2.24) is 10.8 Å². The highest BCUT2D eigenvalue weighted by atomic mass is 16.7. The van der Waals surface area contributed by atoms with Crippen LogP contribution in [0.2, 0.25) is 0 Å². The first-order chi connectivity index (χ1) is 10.8. The number of alkyl carbamates (subject to hydrolysis) is 1. The summed E-state index contributed by atoms with van der Waals surface area (Å²) < 4.78 is 13.8. The van der Waals surface area contributed by atoms with Gasteiger partial charge in [-0.15, -0.1) is 5.48 Å². The van der Waals surface area contributed by atoms with Crippen molar-refractivity contribution in [2.75, 3.05) is 13.2 Å². The number of amides is 2. The van der Waals surface area contributed by atoms with Crippen LogP contribution in [-0.4, -0.2) is 37.3 Å². The van der Waals surface area contributed by atoms with Crippen molar-refractivity contribution >= 4 is 24.1 Å². The molecule has 0 atom stereocenters. The van der Waals surface area contributed by atoms with Gasteiger partial charge in [0.05, 0.1) is 18.8 Å². The summed E-state index contributed by atoms with van der Waals surface area (Å²) in [5.41, 5.74) is 1.40. The van der Waals surface area contributed by atoms with Crippen LogP contribution < -0.4 is 10.8 Å². The van der Waals surface area contributed by atoms with Crippen LogP contribution in [0, 0.1) is 0 Å². The van der Waals surface area contributed by atoms with Gasteiger partial charge in [0.2, 0.25) is 5.88 Å². The Morgan fingerprint density at radius 3 is 2.13 bits per heavy atom. The summed E-state index contributed by atoms with van der Waals surface area (Å²) in [4.78, 5) is 49.8. The second-order valence-corrected chi connectivity index (χ2v) is 3.64. The van der Waals surface area contributed by atoms with Crippen LogP contribution in [0.5, 0.6) is 0 Å². The Morgan fingerprint density at radius 1 is 1.04 bits per heavy atom. The molecule has 0 bridgehead atoms. The maximum absolute atomic E-state index is 11.7. The molecule has 2 N–H and O–H groups in total. The molecule has 0 aromatic rings. The Kier molecular flexibility index (Phi) is 9.25. The lowest BCUT2D eigenvalue weighted by molar-refractivity contribution is -0.145. The summed E-state index contributed by atoms with van der Waals surface area (Å²) in [6.45, 7) is 7.62. The largest absolute Gasteiger partial charge is 0.450 e. The number of hydrogen-bond acceptors (Lipinski definition) is 8. The molecule has 2 amide bonds. The maximum Gasteiger partial charge on any atom is 0.440 e. The molecule has 0 heterocycles. The van der Waals surface area contributed by atoms with E-state index in [9.17, 15) is 19.2 Å². The molecular formula is C13H18N2O8. The van der Waals surface area contributed by atoms with Crippen molar-refractivity contribution in [3.05, 3.63) is 24.1 Å². The second-order valence-electron chi connectivity index (χ2n) is 3.64. The van der Waals surface area contributed by atoms with Crippen molar-refractivity contribution in [3.63, 3.8) is 0 Å². The van der Waals surface area contributed by atoms with Crippen molar-refractivity contribution in [2.45, 2.75) is 20.8 Å². The molecular weight excluding hydrogens is 312 g/mol. The molecule has 0 aliphatic rings. The van der Waals surface area contributed by atoms with Crippen LogP contribution in [0.25, 0.3) is 0 Å². The molecule has 0 aliphatic heterocycles. The molecule has 0 saturated heterocycles. The van der Waals surface area contributed by atoms with Gasteiger partial charge in [-0.2, -0.15) is 0 Å². The number of hydroxylamine groups is 1. The van der Waals surface area contributed by atoms with Crippen LogP contribution in [-0.2, 0) is 28.6 Å². The lowest BCUT2D eigenvalue weighted by Gasteiger charge is -2.12. The Balaban J connectivity index is 5.04. The third kappa shape index (κ3) is 8.09. The van der Waals surface area contributed by atoms with Crippen molar-refractivity contribution in [3.8, 4) is 0 Å². The fourth-order valence-electron chi connectivity index (χ4n) is 1.02.